The van der Waals surface area contributed by atoms with Gasteiger partial charge in [0, 0.05) is 17.4 Å². The van der Waals surface area contributed by atoms with Gasteiger partial charge < -0.3 is 16.0 Å². The Morgan fingerprint density at radius 1 is 1.35 bits per heavy atom. The van der Waals surface area contributed by atoms with Crippen LogP contribution in [-0.2, 0) is 4.79 Å². The number of likely N-dealkylation sites (N-methyl/N-ethyl adjacent to an activating group) is 1. The van der Waals surface area contributed by atoms with Gasteiger partial charge in [-0.1, -0.05) is 19.9 Å². The number of piperidine rings is 1. The van der Waals surface area contributed by atoms with Gasteiger partial charge in [-0.05, 0) is 64.1 Å². The smallest absolute Gasteiger partial charge is 0.241 e. The summed E-state index contributed by atoms with van der Waals surface area (Å²) in [5, 5.41) is 3.02. The van der Waals surface area contributed by atoms with Crippen molar-refractivity contribution >= 4 is 17.3 Å². The summed E-state index contributed by atoms with van der Waals surface area (Å²) in [5.41, 5.74) is 7.21. The van der Waals surface area contributed by atoms with E-state index in [0.717, 1.165) is 31.6 Å². The van der Waals surface area contributed by atoms with Crippen molar-refractivity contribution in [1.82, 2.24) is 9.80 Å². The number of likely N-dealkylation sites (tertiary alicyclic amines) is 1. The summed E-state index contributed by atoms with van der Waals surface area (Å²) in [4.78, 5) is 17.4. The molecule has 1 saturated heterocycles. The Morgan fingerprint density at radius 3 is 2.57 bits per heavy atom. The lowest BCUT2D eigenvalue weighted by molar-refractivity contribution is -0.123. The molecule has 0 radical (unpaired) electrons. The van der Waals surface area contributed by atoms with E-state index >= 15 is 0 Å². The molecule has 23 heavy (non-hydrogen) atoms. The molecule has 1 aromatic carbocycles. The second-order valence-electron chi connectivity index (χ2n) is 7.00. The number of benzene rings is 1. The highest BCUT2D eigenvalue weighted by Gasteiger charge is 2.32. The summed E-state index contributed by atoms with van der Waals surface area (Å²) in [7, 11) is 4.24. The van der Waals surface area contributed by atoms with E-state index in [4.69, 9.17) is 5.73 Å². The summed E-state index contributed by atoms with van der Waals surface area (Å²) in [5.74, 6) is 0.299. The van der Waals surface area contributed by atoms with Crippen LogP contribution in [0.4, 0.5) is 11.4 Å². The predicted octanol–water partition coefficient (Wildman–Crippen LogP) is 2.26. The van der Waals surface area contributed by atoms with Gasteiger partial charge in [0.25, 0.3) is 0 Å². The van der Waals surface area contributed by atoms with E-state index in [1.54, 1.807) is 6.07 Å². The number of nitrogens with two attached hydrogens (primary N) is 1. The molecule has 1 unspecified atom stereocenters. The van der Waals surface area contributed by atoms with Crippen molar-refractivity contribution in [1.29, 1.82) is 0 Å². The van der Waals surface area contributed by atoms with Crippen LogP contribution in [0.15, 0.2) is 24.3 Å². The second kappa shape index (κ2) is 7.79. The molecule has 0 bridgehead atoms. The minimum Gasteiger partial charge on any atom is -0.399 e. The zero-order valence-electron chi connectivity index (χ0n) is 14.7. The number of nitrogen functional groups attached to an aromatic ring is 1. The van der Waals surface area contributed by atoms with E-state index in [1.807, 2.05) is 18.2 Å². The number of hydrogen-bond donors (Lipinski definition) is 2. The number of nitrogens with zero attached hydrogens (tertiary/aromatic N) is 2. The standard InChI is InChI=1S/C18H30N4O/c1-13(2)17(22(4)16-8-10-21(3)11-9-16)18(23)20-15-7-5-6-14(19)12-15/h5-7,12-13,16-17H,8-11,19H2,1-4H3,(H,20,23). The molecule has 2 rings (SSSR count). The maximum atomic E-state index is 12.8. The van der Waals surface area contributed by atoms with Gasteiger partial charge in [-0.15, -0.1) is 0 Å². The Hall–Kier alpha value is -1.59. The monoisotopic (exact) mass is 318 g/mol. The number of amides is 1. The first-order valence-electron chi connectivity index (χ1n) is 8.45. The van der Waals surface area contributed by atoms with Gasteiger partial charge in [0.2, 0.25) is 5.91 Å². The maximum Gasteiger partial charge on any atom is 0.241 e. The second-order valence-corrected chi connectivity index (χ2v) is 7.00. The highest BCUT2D eigenvalue weighted by Crippen LogP contribution is 2.22. The lowest BCUT2D eigenvalue weighted by Crippen LogP contribution is -2.52. The first-order chi connectivity index (χ1) is 10.9. The summed E-state index contributed by atoms with van der Waals surface area (Å²) in [6.45, 7) is 6.40. The Kier molecular flexibility index (Phi) is 6.02. The van der Waals surface area contributed by atoms with E-state index < -0.39 is 0 Å². The minimum absolute atomic E-state index is 0.0482. The predicted molar refractivity (Wildman–Crippen MR) is 96.4 cm³/mol. The molecule has 1 aliphatic rings. The fourth-order valence-electron chi connectivity index (χ4n) is 3.42. The van der Waals surface area contributed by atoms with E-state index in [9.17, 15) is 4.79 Å². The van der Waals surface area contributed by atoms with Crippen molar-refractivity contribution in [3.05, 3.63) is 24.3 Å². The molecule has 1 aliphatic heterocycles. The van der Waals surface area contributed by atoms with Gasteiger partial charge >= 0.3 is 0 Å². The molecule has 5 nitrogen and oxygen atoms in total. The maximum absolute atomic E-state index is 12.8. The Balaban J connectivity index is 2.06. The summed E-state index contributed by atoms with van der Waals surface area (Å²) in [6.07, 6.45) is 2.23. The molecule has 5 heteroatoms. The van der Waals surface area contributed by atoms with Crippen LogP contribution in [0.3, 0.4) is 0 Å². The molecule has 1 amide bonds. The van der Waals surface area contributed by atoms with Crippen LogP contribution < -0.4 is 11.1 Å². The number of nitrogens with one attached hydrogen (secondary N) is 1. The van der Waals surface area contributed by atoms with Gasteiger partial charge in [0.1, 0.15) is 0 Å². The van der Waals surface area contributed by atoms with Crippen LogP contribution in [0.5, 0.6) is 0 Å². The number of anilines is 2. The quantitative estimate of drug-likeness (QED) is 0.818. The number of hydrogen-bond acceptors (Lipinski definition) is 4. The number of rotatable bonds is 5. The Labute approximate surface area is 139 Å². The van der Waals surface area contributed by atoms with Crippen LogP contribution >= 0.6 is 0 Å². The van der Waals surface area contributed by atoms with Gasteiger partial charge in [0.15, 0.2) is 0 Å². The number of carbonyl (C=O) groups is 1. The van der Waals surface area contributed by atoms with Crippen molar-refractivity contribution in [3.63, 3.8) is 0 Å². The highest BCUT2D eigenvalue weighted by molar-refractivity contribution is 5.95. The van der Waals surface area contributed by atoms with Crippen molar-refractivity contribution in [2.24, 2.45) is 5.92 Å². The van der Waals surface area contributed by atoms with Gasteiger partial charge in [-0.25, -0.2) is 0 Å². The van der Waals surface area contributed by atoms with Crippen molar-refractivity contribution in [2.45, 2.75) is 38.8 Å². The average molecular weight is 318 g/mol. The van der Waals surface area contributed by atoms with Gasteiger partial charge in [-0.3, -0.25) is 9.69 Å². The molecular formula is C18H30N4O. The van der Waals surface area contributed by atoms with Crippen molar-refractivity contribution < 1.29 is 4.79 Å². The van der Waals surface area contributed by atoms with Crippen LogP contribution in [-0.4, -0.2) is 55.0 Å². The first-order valence-corrected chi connectivity index (χ1v) is 8.45. The molecule has 128 valence electrons. The summed E-state index contributed by atoms with van der Waals surface area (Å²) in [6, 6.07) is 7.68. The zero-order valence-corrected chi connectivity index (χ0v) is 14.7. The fraction of sp³-hybridized carbons (Fsp3) is 0.611. The third-order valence-corrected chi connectivity index (χ3v) is 4.76. The lowest BCUT2D eigenvalue weighted by Gasteiger charge is -2.40. The molecule has 1 fully saturated rings. The first kappa shape index (κ1) is 17.8. The van der Waals surface area contributed by atoms with Crippen LogP contribution in [0, 0.1) is 5.92 Å². The largest absolute Gasteiger partial charge is 0.399 e. The molecule has 0 spiro atoms. The van der Waals surface area contributed by atoms with Crippen LogP contribution in [0.1, 0.15) is 26.7 Å². The van der Waals surface area contributed by atoms with Crippen molar-refractivity contribution in [3.8, 4) is 0 Å². The van der Waals surface area contributed by atoms with E-state index in [0.29, 0.717) is 11.7 Å². The van der Waals surface area contributed by atoms with Crippen LogP contribution in [0.2, 0.25) is 0 Å². The summed E-state index contributed by atoms with van der Waals surface area (Å²) < 4.78 is 0. The molecule has 1 aromatic rings. The number of carbonyl (C=O) groups excluding carboxylic acids is 1. The highest BCUT2D eigenvalue weighted by atomic mass is 16.2. The molecule has 1 atom stereocenters. The van der Waals surface area contributed by atoms with E-state index in [1.165, 1.54) is 0 Å². The SMILES string of the molecule is CC(C)C(C(=O)Nc1cccc(N)c1)N(C)C1CCN(C)CC1. The molecule has 1 heterocycles. The van der Waals surface area contributed by atoms with E-state index in [2.05, 4.69) is 43.1 Å². The third-order valence-electron chi connectivity index (χ3n) is 4.76. The van der Waals surface area contributed by atoms with Crippen molar-refractivity contribution in [2.75, 3.05) is 38.2 Å². The van der Waals surface area contributed by atoms with E-state index in [-0.39, 0.29) is 17.9 Å². The Morgan fingerprint density at radius 2 is 2.00 bits per heavy atom. The lowest BCUT2D eigenvalue weighted by atomic mass is 9.96. The van der Waals surface area contributed by atoms with Gasteiger partial charge in [-0.2, -0.15) is 0 Å². The topological polar surface area (TPSA) is 61.6 Å². The summed E-state index contributed by atoms with van der Waals surface area (Å²) >= 11 is 0. The third kappa shape index (κ3) is 4.69. The molecule has 3 N–H and O–H groups in total. The average Bonchev–Trinajstić information content (AvgIpc) is 2.47. The Bertz CT molecular complexity index is 524. The molecule has 0 saturated carbocycles. The van der Waals surface area contributed by atoms with Crippen LogP contribution in [0.25, 0.3) is 0 Å². The molecule has 0 aromatic heterocycles. The normalized spacial score (nSPS) is 18.3. The molecule has 0 aliphatic carbocycles. The minimum atomic E-state index is -0.134. The molecular weight excluding hydrogens is 288 g/mol. The fourth-order valence-corrected chi connectivity index (χ4v) is 3.42. The zero-order chi connectivity index (χ0) is 17.0. The van der Waals surface area contributed by atoms with Gasteiger partial charge in [0.05, 0.1) is 6.04 Å².